The van der Waals surface area contributed by atoms with Crippen LogP contribution in [0.5, 0.6) is 11.5 Å². The minimum atomic E-state index is 0.589. The van der Waals surface area contributed by atoms with Crippen LogP contribution >= 0.6 is 0 Å². The van der Waals surface area contributed by atoms with Crippen LogP contribution in [0, 0.1) is 0 Å². The van der Waals surface area contributed by atoms with Gasteiger partial charge in [-0.2, -0.15) is 5.10 Å². The molecular formula is C19H25N3O3. The molecule has 6 heteroatoms. The molecule has 0 radical (unpaired) electrons. The Morgan fingerprint density at radius 2 is 2.08 bits per heavy atom. The molecule has 0 fully saturated rings. The first-order valence-electron chi connectivity index (χ1n) is 9.19. The van der Waals surface area contributed by atoms with Gasteiger partial charge >= 0.3 is 0 Å². The second kappa shape index (κ2) is 7.35. The SMILES string of the molecule is CCOCCc1nn(-c2ccc3c(c2)OCCO3)c2c1CCCCN2. The number of ether oxygens (including phenoxy) is 3. The topological polar surface area (TPSA) is 57.5 Å². The van der Waals surface area contributed by atoms with E-state index in [-0.39, 0.29) is 0 Å². The molecule has 0 aliphatic carbocycles. The van der Waals surface area contributed by atoms with Crippen molar-refractivity contribution in [2.75, 3.05) is 38.3 Å². The predicted octanol–water partition coefficient (Wildman–Crippen LogP) is 2.97. The number of anilines is 1. The predicted molar refractivity (Wildman–Crippen MR) is 96.2 cm³/mol. The van der Waals surface area contributed by atoms with E-state index in [9.17, 15) is 0 Å². The standard InChI is InChI=1S/C19H25N3O3/c1-2-23-10-8-16-15-5-3-4-9-20-19(15)22(21-16)14-6-7-17-18(13-14)25-12-11-24-17/h6-7,13,20H,2-5,8-12H2,1H3. The zero-order chi connectivity index (χ0) is 17.1. The Balaban J connectivity index is 1.71. The molecule has 0 saturated carbocycles. The van der Waals surface area contributed by atoms with Crippen LogP contribution in [0.15, 0.2) is 18.2 Å². The third-order valence-electron chi connectivity index (χ3n) is 4.67. The summed E-state index contributed by atoms with van der Waals surface area (Å²) in [7, 11) is 0. The Morgan fingerprint density at radius 1 is 1.20 bits per heavy atom. The third kappa shape index (κ3) is 3.31. The Kier molecular flexibility index (Phi) is 4.78. The van der Waals surface area contributed by atoms with Crippen LogP contribution in [-0.2, 0) is 17.6 Å². The molecule has 25 heavy (non-hydrogen) atoms. The van der Waals surface area contributed by atoms with Crippen molar-refractivity contribution in [2.45, 2.75) is 32.6 Å². The molecule has 1 N–H and O–H groups in total. The van der Waals surface area contributed by atoms with E-state index in [1.165, 1.54) is 18.4 Å². The lowest BCUT2D eigenvalue weighted by molar-refractivity contribution is 0.150. The van der Waals surface area contributed by atoms with E-state index in [1.54, 1.807) is 0 Å². The van der Waals surface area contributed by atoms with Gasteiger partial charge in [0.25, 0.3) is 0 Å². The van der Waals surface area contributed by atoms with Gasteiger partial charge in [0.05, 0.1) is 18.0 Å². The van der Waals surface area contributed by atoms with Gasteiger partial charge in [-0.05, 0) is 38.3 Å². The molecule has 3 heterocycles. The number of benzene rings is 1. The molecular weight excluding hydrogens is 318 g/mol. The molecule has 1 aromatic carbocycles. The molecule has 1 aromatic heterocycles. The van der Waals surface area contributed by atoms with Crippen molar-refractivity contribution in [3.8, 4) is 17.2 Å². The average Bonchev–Trinajstić information content (AvgIpc) is 2.82. The Morgan fingerprint density at radius 3 is 2.96 bits per heavy atom. The zero-order valence-electron chi connectivity index (χ0n) is 14.7. The maximum Gasteiger partial charge on any atom is 0.163 e. The molecule has 2 aromatic rings. The molecule has 0 bridgehead atoms. The summed E-state index contributed by atoms with van der Waals surface area (Å²) in [6.45, 7) is 5.65. The van der Waals surface area contributed by atoms with Crippen LogP contribution in [-0.4, -0.2) is 42.8 Å². The minimum Gasteiger partial charge on any atom is -0.486 e. The summed E-state index contributed by atoms with van der Waals surface area (Å²) < 4.78 is 18.9. The first-order chi connectivity index (χ1) is 12.4. The lowest BCUT2D eigenvalue weighted by atomic mass is 10.1. The van der Waals surface area contributed by atoms with E-state index < -0.39 is 0 Å². The van der Waals surface area contributed by atoms with E-state index in [0.717, 1.165) is 54.7 Å². The van der Waals surface area contributed by atoms with Gasteiger partial charge in [0.15, 0.2) is 11.5 Å². The zero-order valence-corrected chi connectivity index (χ0v) is 14.7. The van der Waals surface area contributed by atoms with Crippen molar-refractivity contribution >= 4 is 5.82 Å². The maximum absolute atomic E-state index is 5.73. The molecule has 2 aliphatic rings. The van der Waals surface area contributed by atoms with Crippen molar-refractivity contribution in [1.82, 2.24) is 9.78 Å². The van der Waals surface area contributed by atoms with Crippen LogP contribution in [0.25, 0.3) is 5.69 Å². The van der Waals surface area contributed by atoms with Crippen LogP contribution in [0.2, 0.25) is 0 Å². The van der Waals surface area contributed by atoms with Gasteiger partial charge < -0.3 is 19.5 Å². The van der Waals surface area contributed by atoms with Crippen molar-refractivity contribution in [3.63, 3.8) is 0 Å². The van der Waals surface area contributed by atoms with Crippen molar-refractivity contribution in [1.29, 1.82) is 0 Å². The first kappa shape index (κ1) is 16.3. The number of hydrogen-bond acceptors (Lipinski definition) is 5. The summed E-state index contributed by atoms with van der Waals surface area (Å²) >= 11 is 0. The Labute approximate surface area is 148 Å². The highest BCUT2D eigenvalue weighted by Gasteiger charge is 2.21. The fourth-order valence-electron chi connectivity index (χ4n) is 3.44. The molecule has 0 saturated heterocycles. The number of aromatic nitrogens is 2. The largest absolute Gasteiger partial charge is 0.486 e. The average molecular weight is 343 g/mol. The van der Waals surface area contributed by atoms with Gasteiger partial charge in [-0.3, -0.25) is 0 Å². The molecule has 2 aliphatic heterocycles. The third-order valence-corrected chi connectivity index (χ3v) is 4.67. The van der Waals surface area contributed by atoms with Crippen LogP contribution in [0.3, 0.4) is 0 Å². The monoisotopic (exact) mass is 343 g/mol. The van der Waals surface area contributed by atoms with Crippen LogP contribution in [0.1, 0.15) is 31.0 Å². The quantitative estimate of drug-likeness (QED) is 0.846. The fraction of sp³-hybridized carbons (Fsp3) is 0.526. The molecule has 0 unspecified atom stereocenters. The highest BCUT2D eigenvalue weighted by Crippen LogP contribution is 2.34. The van der Waals surface area contributed by atoms with Gasteiger partial charge in [-0.25, -0.2) is 4.68 Å². The number of rotatable bonds is 5. The number of nitrogens with zero attached hydrogens (tertiary/aromatic N) is 2. The van der Waals surface area contributed by atoms with Gasteiger partial charge in [-0.15, -0.1) is 0 Å². The van der Waals surface area contributed by atoms with E-state index >= 15 is 0 Å². The van der Waals surface area contributed by atoms with Crippen molar-refractivity contribution in [2.24, 2.45) is 0 Å². The summed E-state index contributed by atoms with van der Waals surface area (Å²) in [6, 6.07) is 6.02. The second-order valence-electron chi connectivity index (χ2n) is 6.34. The first-order valence-corrected chi connectivity index (χ1v) is 9.19. The molecule has 134 valence electrons. The van der Waals surface area contributed by atoms with E-state index in [0.29, 0.717) is 19.8 Å². The number of hydrogen-bond donors (Lipinski definition) is 1. The van der Waals surface area contributed by atoms with Crippen LogP contribution in [0.4, 0.5) is 5.82 Å². The van der Waals surface area contributed by atoms with Gasteiger partial charge in [0.2, 0.25) is 0 Å². The normalized spacial score (nSPS) is 16.0. The minimum absolute atomic E-state index is 0.589. The van der Waals surface area contributed by atoms with Gasteiger partial charge in [0, 0.05) is 31.2 Å². The van der Waals surface area contributed by atoms with Gasteiger partial charge in [-0.1, -0.05) is 0 Å². The second-order valence-corrected chi connectivity index (χ2v) is 6.34. The van der Waals surface area contributed by atoms with Crippen LogP contribution < -0.4 is 14.8 Å². The number of nitrogens with one attached hydrogen (secondary N) is 1. The van der Waals surface area contributed by atoms with E-state index in [1.807, 2.05) is 29.8 Å². The Hall–Kier alpha value is -2.21. The van der Waals surface area contributed by atoms with Crippen molar-refractivity contribution in [3.05, 3.63) is 29.5 Å². The molecule has 0 spiro atoms. The number of fused-ring (bicyclic) bond motifs is 2. The summed E-state index contributed by atoms with van der Waals surface area (Å²) in [4.78, 5) is 0. The van der Waals surface area contributed by atoms with Gasteiger partial charge in [0.1, 0.15) is 19.0 Å². The summed E-state index contributed by atoms with van der Waals surface area (Å²) in [5, 5.41) is 8.47. The summed E-state index contributed by atoms with van der Waals surface area (Å²) in [5.74, 6) is 2.70. The van der Waals surface area contributed by atoms with E-state index in [2.05, 4.69) is 5.32 Å². The summed E-state index contributed by atoms with van der Waals surface area (Å²) in [6.07, 6.45) is 4.28. The summed E-state index contributed by atoms with van der Waals surface area (Å²) in [5.41, 5.74) is 3.46. The molecule has 4 rings (SSSR count). The maximum atomic E-state index is 5.73. The highest BCUT2D eigenvalue weighted by atomic mass is 16.6. The fourth-order valence-corrected chi connectivity index (χ4v) is 3.44. The Bertz CT molecular complexity index is 742. The molecule has 0 atom stereocenters. The molecule has 6 nitrogen and oxygen atoms in total. The lowest BCUT2D eigenvalue weighted by Crippen LogP contribution is -2.15. The van der Waals surface area contributed by atoms with Crippen molar-refractivity contribution < 1.29 is 14.2 Å². The smallest absolute Gasteiger partial charge is 0.163 e. The van der Waals surface area contributed by atoms with E-state index in [4.69, 9.17) is 19.3 Å². The highest BCUT2D eigenvalue weighted by molar-refractivity contribution is 5.57. The molecule has 0 amide bonds. The lowest BCUT2D eigenvalue weighted by Gasteiger charge is -2.19.